The zero-order chi connectivity index (χ0) is 15.9. The lowest BCUT2D eigenvalue weighted by Crippen LogP contribution is -2.45. The van der Waals surface area contributed by atoms with Gasteiger partial charge in [0.15, 0.2) is 0 Å². The highest BCUT2D eigenvalue weighted by molar-refractivity contribution is 6.08. The minimum absolute atomic E-state index is 0.0430. The van der Waals surface area contributed by atoms with Crippen molar-refractivity contribution in [3.8, 4) is 5.75 Å². The van der Waals surface area contributed by atoms with Crippen LogP contribution in [-0.2, 0) is 9.59 Å². The van der Waals surface area contributed by atoms with Crippen LogP contribution >= 0.6 is 0 Å². The van der Waals surface area contributed by atoms with E-state index in [0.717, 1.165) is 18.4 Å². The summed E-state index contributed by atoms with van der Waals surface area (Å²) in [5.74, 6) is -0.302. The number of amides is 3. The number of hydrogen-bond acceptors (Lipinski definition) is 4. The predicted octanol–water partition coefficient (Wildman–Crippen LogP) is 1.02. The van der Waals surface area contributed by atoms with Gasteiger partial charge in [-0.05, 0) is 37.5 Å². The lowest BCUT2D eigenvalue weighted by atomic mass is 10.1. The van der Waals surface area contributed by atoms with Crippen LogP contribution in [0.2, 0.25) is 0 Å². The Kier molecular flexibility index (Phi) is 3.60. The molecule has 1 heterocycles. The summed E-state index contributed by atoms with van der Waals surface area (Å²) in [5.41, 5.74) is 1.41. The van der Waals surface area contributed by atoms with Crippen LogP contribution in [0.1, 0.15) is 35.2 Å². The van der Waals surface area contributed by atoms with Crippen LogP contribution in [0.15, 0.2) is 18.2 Å². The van der Waals surface area contributed by atoms with Crippen LogP contribution < -0.4 is 10.1 Å². The Bertz CT molecular complexity index is 652. The molecule has 1 aliphatic heterocycles. The fourth-order valence-electron chi connectivity index (χ4n) is 2.78. The average molecular weight is 302 g/mol. The Morgan fingerprint density at radius 1 is 1.32 bits per heavy atom. The standard InChI is InChI=1S/C16H18N2O4/c1-9-3-4-10(7-13(9)22-2)16(21)18(11-5-6-11)12-8-14(19)17-15(12)20/h3-4,7,11-12H,5-6,8H2,1-2H3,(H,17,19,20)/t12-/m1/s1. The SMILES string of the molecule is COc1cc(C(=O)N(C2CC2)[C@@H]2CC(=O)NC2=O)ccc1C. The number of hydrogen-bond donors (Lipinski definition) is 1. The average Bonchev–Trinajstić information content (AvgIpc) is 3.26. The number of carbonyl (C=O) groups excluding carboxylic acids is 3. The Morgan fingerprint density at radius 3 is 2.59 bits per heavy atom. The molecule has 0 aromatic heterocycles. The van der Waals surface area contributed by atoms with Crippen LogP contribution in [0.4, 0.5) is 0 Å². The summed E-state index contributed by atoms with van der Waals surface area (Å²) in [7, 11) is 1.55. The summed E-state index contributed by atoms with van der Waals surface area (Å²) in [6.07, 6.45) is 1.78. The second-order valence-corrected chi connectivity index (χ2v) is 5.76. The molecule has 0 spiro atoms. The van der Waals surface area contributed by atoms with Crippen molar-refractivity contribution in [3.63, 3.8) is 0 Å². The molecule has 1 aliphatic carbocycles. The number of imide groups is 1. The fourth-order valence-corrected chi connectivity index (χ4v) is 2.78. The molecule has 2 fully saturated rings. The van der Waals surface area contributed by atoms with Gasteiger partial charge in [0, 0.05) is 11.6 Å². The van der Waals surface area contributed by atoms with E-state index in [9.17, 15) is 14.4 Å². The van der Waals surface area contributed by atoms with Gasteiger partial charge in [0.2, 0.25) is 11.8 Å². The molecule has 2 aliphatic rings. The summed E-state index contributed by atoms with van der Waals surface area (Å²) in [4.78, 5) is 37.7. The first-order valence-corrected chi connectivity index (χ1v) is 7.32. The van der Waals surface area contributed by atoms with Crippen molar-refractivity contribution in [2.24, 2.45) is 0 Å². The van der Waals surface area contributed by atoms with Gasteiger partial charge in [0.25, 0.3) is 5.91 Å². The van der Waals surface area contributed by atoms with E-state index in [1.54, 1.807) is 24.1 Å². The first kappa shape index (κ1) is 14.6. The zero-order valence-corrected chi connectivity index (χ0v) is 12.6. The van der Waals surface area contributed by atoms with Gasteiger partial charge in [-0.1, -0.05) is 6.07 Å². The second-order valence-electron chi connectivity index (χ2n) is 5.76. The van der Waals surface area contributed by atoms with Gasteiger partial charge in [-0.2, -0.15) is 0 Å². The van der Waals surface area contributed by atoms with E-state index in [1.165, 1.54) is 0 Å². The molecule has 3 rings (SSSR count). The molecule has 1 N–H and O–H groups in total. The van der Waals surface area contributed by atoms with Crippen LogP contribution in [0.3, 0.4) is 0 Å². The molecular formula is C16H18N2O4. The maximum absolute atomic E-state index is 12.8. The topological polar surface area (TPSA) is 75.7 Å². The summed E-state index contributed by atoms with van der Waals surface area (Å²) in [5, 5.41) is 2.27. The van der Waals surface area contributed by atoms with Crippen LogP contribution in [-0.4, -0.2) is 41.8 Å². The molecule has 6 heteroatoms. The third-order valence-corrected chi connectivity index (χ3v) is 4.11. The molecule has 0 unspecified atom stereocenters. The van der Waals surface area contributed by atoms with Crippen LogP contribution in [0.5, 0.6) is 5.75 Å². The predicted molar refractivity (Wildman–Crippen MR) is 78.5 cm³/mol. The van der Waals surface area contributed by atoms with Crippen LogP contribution in [0.25, 0.3) is 0 Å². The lowest BCUT2D eigenvalue weighted by molar-refractivity contribution is -0.126. The molecule has 1 aromatic rings. The minimum Gasteiger partial charge on any atom is -0.496 e. The summed E-state index contributed by atoms with van der Waals surface area (Å²) >= 11 is 0. The molecular weight excluding hydrogens is 284 g/mol. The molecule has 0 bridgehead atoms. The molecule has 6 nitrogen and oxygen atoms in total. The zero-order valence-electron chi connectivity index (χ0n) is 12.6. The van der Waals surface area contributed by atoms with Gasteiger partial charge in [-0.3, -0.25) is 19.7 Å². The highest BCUT2D eigenvalue weighted by atomic mass is 16.5. The van der Waals surface area contributed by atoms with E-state index in [1.807, 2.05) is 13.0 Å². The first-order chi connectivity index (χ1) is 10.5. The number of nitrogens with zero attached hydrogens (tertiary/aromatic N) is 1. The number of ether oxygens (including phenoxy) is 1. The molecule has 0 radical (unpaired) electrons. The maximum atomic E-state index is 12.8. The van der Waals surface area contributed by atoms with E-state index < -0.39 is 6.04 Å². The minimum atomic E-state index is -0.695. The molecule has 1 saturated carbocycles. The van der Waals surface area contributed by atoms with Gasteiger partial charge >= 0.3 is 0 Å². The Morgan fingerprint density at radius 2 is 2.05 bits per heavy atom. The van der Waals surface area contributed by atoms with E-state index >= 15 is 0 Å². The van der Waals surface area contributed by atoms with E-state index in [4.69, 9.17) is 4.74 Å². The van der Waals surface area contributed by atoms with Crippen molar-refractivity contribution in [1.29, 1.82) is 0 Å². The van der Waals surface area contributed by atoms with Gasteiger partial charge in [0.05, 0.1) is 13.5 Å². The van der Waals surface area contributed by atoms with Gasteiger partial charge in [0.1, 0.15) is 11.8 Å². The van der Waals surface area contributed by atoms with E-state index in [0.29, 0.717) is 11.3 Å². The summed E-state index contributed by atoms with van der Waals surface area (Å²) in [6, 6.07) is 4.57. The number of rotatable bonds is 4. The molecule has 1 saturated heterocycles. The van der Waals surface area contributed by atoms with E-state index in [2.05, 4.69) is 5.32 Å². The second kappa shape index (κ2) is 5.44. The summed E-state index contributed by atoms with van der Waals surface area (Å²) < 4.78 is 5.25. The van der Waals surface area contributed by atoms with Gasteiger partial charge in [-0.15, -0.1) is 0 Å². The van der Waals surface area contributed by atoms with Crippen molar-refractivity contribution in [1.82, 2.24) is 10.2 Å². The van der Waals surface area contributed by atoms with Crippen molar-refractivity contribution in [2.45, 2.75) is 38.3 Å². The number of benzene rings is 1. The monoisotopic (exact) mass is 302 g/mol. The number of methoxy groups -OCH3 is 1. The Balaban J connectivity index is 1.90. The van der Waals surface area contributed by atoms with Gasteiger partial charge < -0.3 is 9.64 Å². The molecule has 116 valence electrons. The smallest absolute Gasteiger partial charge is 0.254 e. The Hall–Kier alpha value is -2.37. The lowest BCUT2D eigenvalue weighted by Gasteiger charge is -2.27. The number of aryl methyl sites for hydroxylation is 1. The quantitative estimate of drug-likeness (QED) is 0.843. The van der Waals surface area contributed by atoms with Crippen molar-refractivity contribution in [3.05, 3.63) is 29.3 Å². The molecule has 1 aromatic carbocycles. The highest BCUT2D eigenvalue weighted by Crippen LogP contribution is 2.33. The number of carbonyl (C=O) groups is 3. The van der Waals surface area contributed by atoms with Crippen molar-refractivity contribution in [2.75, 3.05) is 7.11 Å². The van der Waals surface area contributed by atoms with Crippen LogP contribution in [0, 0.1) is 6.92 Å². The number of nitrogens with one attached hydrogen (secondary N) is 1. The summed E-state index contributed by atoms with van der Waals surface area (Å²) in [6.45, 7) is 1.90. The fraction of sp³-hybridized carbons (Fsp3) is 0.438. The largest absolute Gasteiger partial charge is 0.496 e. The van der Waals surface area contributed by atoms with E-state index in [-0.39, 0.29) is 30.2 Å². The highest BCUT2D eigenvalue weighted by Gasteiger charge is 2.44. The third-order valence-electron chi connectivity index (χ3n) is 4.11. The molecule has 1 atom stereocenters. The molecule has 22 heavy (non-hydrogen) atoms. The van der Waals surface area contributed by atoms with Gasteiger partial charge in [-0.25, -0.2) is 0 Å². The van der Waals surface area contributed by atoms with Crippen molar-refractivity contribution >= 4 is 17.7 Å². The third kappa shape index (κ3) is 2.56. The maximum Gasteiger partial charge on any atom is 0.254 e. The molecule has 3 amide bonds. The Labute approximate surface area is 128 Å². The normalized spacial score (nSPS) is 20.7. The van der Waals surface area contributed by atoms with Crippen molar-refractivity contribution < 1.29 is 19.1 Å². The first-order valence-electron chi connectivity index (χ1n) is 7.32.